The van der Waals surface area contributed by atoms with Crippen LogP contribution in [0.15, 0.2) is 51.4 Å². The summed E-state index contributed by atoms with van der Waals surface area (Å²) in [7, 11) is 1.21. The van der Waals surface area contributed by atoms with Gasteiger partial charge in [-0.3, -0.25) is 29.6 Å². The Hall–Kier alpha value is -5.58. The summed E-state index contributed by atoms with van der Waals surface area (Å²) in [6, 6.07) is 5.33. The second-order valence-corrected chi connectivity index (χ2v) is 10.2. The lowest BCUT2D eigenvalue weighted by molar-refractivity contribution is -0.396. The predicted octanol–water partition coefficient (Wildman–Crippen LogP) is 2.27. The summed E-state index contributed by atoms with van der Waals surface area (Å²) < 4.78 is 22.4. The van der Waals surface area contributed by atoms with Crippen LogP contribution in [0.1, 0.15) is 37.9 Å². The van der Waals surface area contributed by atoms with Crippen molar-refractivity contribution in [2.45, 2.75) is 26.8 Å². The van der Waals surface area contributed by atoms with Crippen LogP contribution in [0.25, 0.3) is 6.08 Å². The Labute approximate surface area is 257 Å². The smallest absolute Gasteiger partial charge is 0.343 e. The molecule has 2 heterocycles. The Bertz CT molecular complexity index is 1890. The number of allylic oxidation sites excluding steroid dienone is 1. The molecule has 0 amide bonds. The van der Waals surface area contributed by atoms with Gasteiger partial charge in [-0.05, 0) is 50.1 Å². The predicted molar refractivity (Wildman–Crippen MR) is 157 cm³/mol. The summed E-state index contributed by atoms with van der Waals surface area (Å²) in [6.07, 6.45) is 1.19. The number of nitro benzene ring substituents is 2. The third-order valence-corrected chi connectivity index (χ3v) is 7.44. The SMILES string of the molecule is CCOC(=O)C1=C(C)N=c2s/c(=C/c3cc([N+](=O)[O-])c(O)c([N+](=O)[O-])c3)c(=O)n2[C@@H]1c1ccc(OCC(=O)OC)c(OCC)c1. The maximum atomic E-state index is 13.9. The first-order chi connectivity index (χ1) is 21.4. The van der Waals surface area contributed by atoms with Crippen molar-refractivity contribution >= 4 is 40.7 Å². The van der Waals surface area contributed by atoms with E-state index >= 15 is 0 Å². The highest BCUT2D eigenvalue weighted by atomic mass is 32.1. The van der Waals surface area contributed by atoms with Crippen molar-refractivity contribution in [3.05, 3.63) is 92.6 Å². The molecule has 0 radical (unpaired) electrons. The van der Waals surface area contributed by atoms with Gasteiger partial charge in [0.2, 0.25) is 0 Å². The third kappa shape index (κ3) is 6.52. The van der Waals surface area contributed by atoms with Gasteiger partial charge in [0.1, 0.15) is 0 Å². The van der Waals surface area contributed by atoms with Crippen molar-refractivity contribution in [1.82, 2.24) is 4.57 Å². The van der Waals surface area contributed by atoms with E-state index in [1.165, 1.54) is 23.8 Å². The second kappa shape index (κ2) is 13.4. The number of esters is 2. The molecule has 4 rings (SSSR count). The Morgan fingerprint density at radius 2 is 1.73 bits per heavy atom. The van der Waals surface area contributed by atoms with E-state index in [-0.39, 0.29) is 50.9 Å². The number of nitro groups is 2. The van der Waals surface area contributed by atoms with Gasteiger partial charge < -0.3 is 24.1 Å². The number of hydrogen-bond donors (Lipinski definition) is 1. The number of benzene rings is 2. The highest BCUT2D eigenvalue weighted by molar-refractivity contribution is 7.07. The number of phenolic OH excluding ortho intramolecular Hbond substituents is 1. The van der Waals surface area contributed by atoms with E-state index in [0.29, 0.717) is 5.56 Å². The largest absolute Gasteiger partial charge is 0.497 e. The molecule has 0 unspecified atom stereocenters. The van der Waals surface area contributed by atoms with Gasteiger partial charge in [-0.15, -0.1) is 0 Å². The van der Waals surface area contributed by atoms with E-state index in [0.717, 1.165) is 23.5 Å². The number of phenols is 1. The molecule has 17 heteroatoms. The molecule has 0 saturated carbocycles. The monoisotopic (exact) mass is 642 g/mol. The van der Waals surface area contributed by atoms with Gasteiger partial charge in [-0.25, -0.2) is 14.6 Å². The Morgan fingerprint density at radius 3 is 2.31 bits per heavy atom. The number of carbonyl (C=O) groups excluding carboxylic acids is 2. The minimum absolute atomic E-state index is 0.0194. The van der Waals surface area contributed by atoms with Gasteiger partial charge >= 0.3 is 23.3 Å². The van der Waals surface area contributed by atoms with E-state index in [2.05, 4.69) is 9.73 Å². The molecule has 0 bridgehead atoms. The molecule has 45 heavy (non-hydrogen) atoms. The highest BCUT2D eigenvalue weighted by Crippen LogP contribution is 2.38. The molecule has 0 spiro atoms. The molecule has 0 fully saturated rings. The van der Waals surface area contributed by atoms with Gasteiger partial charge in [0, 0.05) is 12.1 Å². The molecule has 2 aromatic carbocycles. The van der Waals surface area contributed by atoms with Crippen LogP contribution in [0.4, 0.5) is 11.4 Å². The summed E-state index contributed by atoms with van der Waals surface area (Å²) in [5.41, 5.74) is -1.90. The van der Waals surface area contributed by atoms with Crippen LogP contribution >= 0.6 is 11.3 Å². The normalized spacial score (nSPS) is 14.3. The molecule has 1 aromatic heterocycles. The molecule has 236 valence electrons. The lowest BCUT2D eigenvalue weighted by atomic mass is 9.95. The number of fused-ring (bicyclic) bond motifs is 1. The maximum Gasteiger partial charge on any atom is 0.343 e. The molecule has 0 saturated heterocycles. The average Bonchev–Trinajstić information content (AvgIpc) is 3.29. The van der Waals surface area contributed by atoms with Gasteiger partial charge in [-0.2, -0.15) is 0 Å². The Balaban J connectivity index is 1.95. The number of ether oxygens (including phenoxy) is 4. The van der Waals surface area contributed by atoms with Gasteiger partial charge in [0.05, 0.1) is 52.0 Å². The van der Waals surface area contributed by atoms with Gasteiger partial charge in [0.25, 0.3) is 11.3 Å². The summed E-state index contributed by atoms with van der Waals surface area (Å²) in [6.45, 7) is 4.77. The fourth-order valence-electron chi connectivity index (χ4n) is 4.52. The summed E-state index contributed by atoms with van der Waals surface area (Å²) in [5.74, 6) is -2.06. The van der Waals surface area contributed by atoms with E-state index in [4.69, 9.17) is 14.2 Å². The van der Waals surface area contributed by atoms with Crippen molar-refractivity contribution in [3.63, 3.8) is 0 Å². The van der Waals surface area contributed by atoms with Gasteiger partial charge in [-0.1, -0.05) is 17.4 Å². The van der Waals surface area contributed by atoms with Crippen LogP contribution in [0.3, 0.4) is 0 Å². The first-order valence-corrected chi connectivity index (χ1v) is 14.0. The van der Waals surface area contributed by atoms with Crippen molar-refractivity contribution in [2.24, 2.45) is 4.99 Å². The lowest BCUT2D eigenvalue weighted by Gasteiger charge is -2.25. The molecule has 1 aliphatic heterocycles. The molecule has 1 N–H and O–H groups in total. The number of carbonyl (C=O) groups is 2. The molecular formula is C28H26N4O12S. The Morgan fingerprint density at radius 1 is 1.07 bits per heavy atom. The van der Waals surface area contributed by atoms with Crippen LogP contribution in [0.2, 0.25) is 0 Å². The number of aromatic hydroxyl groups is 1. The topological polar surface area (TPSA) is 212 Å². The third-order valence-electron chi connectivity index (χ3n) is 6.46. The van der Waals surface area contributed by atoms with E-state index in [9.17, 15) is 39.7 Å². The van der Waals surface area contributed by atoms with Crippen LogP contribution in [-0.4, -0.2) is 58.4 Å². The molecule has 1 atom stereocenters. The van der Waals surface area contributed by atoms with Gasteiger partial charge in [0.15, 0.2) is 22.9 Å². The van der Waals surface area contributed by atoms with Crippen molar-refractivity contribution in [2.75, 3.05) is 26.9 Å². The zero-order chi connectivity index (χ0) is 33.0. The van der Waals surface area contributed by atoms with E-state index < -0.39 is 57.1 Å². The Kier molecular flexibility index (Phi) is 9.61. The van der Waals surface area contributed by atoms with Crippen molar-refractivity contribution in [3.8, 4) is 17.2 Å². The average molecular weight is 643 g/mol. The van der Waals surface area contributed by atoms with Crippen LogP contribution < -0.4 is 24.4 Å². The minimum atomic E-state index is -1.12. The maximum absolute atomic E-state index is 13.9. The fourth-order valence-corrected chi connectivity index (χ4v) is 5.57. The van der Waals surface area contributed by atoms with Crippen LogP contribution in [-0.2, 0) is 19.1 Å². The summed E-state index contributed by atoms with van der Waals surface area (Å²) in [4.78, 5) is 64.3. The number of thiazole rings is 1. The number of methoxy groups -OCH3 is 1. The summed E-state index contributed by atoms with van der Waals surface area (Å²) >= 11 is 0.883. The first kappa shape index (κ1) is 32.3. The van der Waals surface area contributed by atoms with Crippen molar-refractivity contribution < 1.29 is 43.5 Å². The van der Waals surface area contributed by atoms with E-state index in [1.54, 1.807) is 32.9 Å². The molecule has 0 aliphatic carbocycles. The zero-order valence-corrected chi connectivity index (χ0v) is 25.1. The fraction of sp³-hybridized carbons (Fsp3) is 0.286. The number of aromatic nitrogens is 1. The summed E-state index contributed by atoms with van der Waals surface area (Å²) in [5, 5.41) is 32.9. The zero-order valence-electron chi connectivity index (χ0n) is 24.3. The second-order valence-electron chi connectivity index (χ2n) is 9.23. The minimum Gasteiger partial charge on any atom is -0.497 e. The quantitative estimate of drug-likeness (QED) is 0.181. The molecule has 3 aromatic rings. The number of rotatable bonds is 11. The molecule has 16 nitrogen and oxygen atoms in total. The van der Waals surface area contributed by atoms with Crippen LogP contribution in [0, 0.1) is 20.2 Å². The van der Waals surface area contributed by atoms with E-state index in [1.807, 2.05) is 0 Å². The van der Waals surface area contributed by atoms with Crippen molar-refractivity contribution in [1.29, 1.82) is 0 Å². The van der Waals surface area contributed by atoms with Crippen LogP contribution in [0.5, 0.6) is 17.2 Å². The molecular weight excluding hydrogens is 616 g/mol. The first-order valence-electron chi connectivity index (χ1n) is 13.2. The number of nitrogens with zero attached hydrogens (tertiary/aromatic N) is 4. The standard InChI is InChI=1S/C28H26N4O12S/c1-5-42-20-12-16(7-8-19(20)44-13-22(33)41-4)24-23(27(36)43-6-2)14(3)29-28-30(24)26(35)21(45-28)11-15-9-17(31(37)38)25(34)18(10-15)32(39)40/h7-12,24,34H,5-6,13H2,1-4H3/b21-11+/t24-/m1/s1. The highest BCUT2D eigenvalue weighted by Gasteiger charge is 2.34. The number of hydrogen-bond acceptors (Lipinski definition) is 14. The lowest BCUT2D eigenvalue weighted by Crippen LogP contribution is -2.40. The molecule has 1 aliphatic rings.